The summed E-state index contributed by atoms with van der Waals surface area (Å²) in [5, 5.41) is 25.3. The van der Waals surface area contributed by atoms with Gasteiger partial charge in [-0.05, 0) is 39.7 Å². The Balaban J connectivity index is 2.50. The number of ether oxygens (including phenoxy) is 1. The molecule has 0 radical (unpaired) electrons. The van der Waals surface area contributed by atoms with Gasteiger partial charge in [-0.25, -0.2) is 9.59 Å². The van der Waals surface area contributed by atoms with Crippen molar-refractivity contribution in [3.05, 3.63) is 34.4 Å². The fourth-order valence-electron chi connectivity index (χ4n) is 2.02. The molecule has 0 saturated heterocycles. The Kier molecular flexibility index (Phi) is 7.16. The minimum Gasteiger partial charge on any atom is -0.480 e. The zero-order chi connectivity index (χ0) is 19.0. The first kappa shape index (κ1) is 20.2. The second-order valence-electron chi connectivity index (χ2n) is 6.38. The lowest BCUT2D eigenvalue weighted by molar-refractivity contribution is -0.384. The van der Waals surface area contributed by atoms with Crippen molar-refractivity contribution in [2.24, 2.45) is 0 Å². The van der Waals surface area contributed by atoms with E-state index < -0.39 is 28.6 Å². The number of para-hydroxylation sites is 2. The minimum absolute atomic E-state index is 0.0517. The fraction of sp³-hybridized carbons (Fsp3) is 0.500. The van der Waals surface area contributed by atoms with Crippen molar-refractivity contribution in [3.63, 3.8) is 0 Å². The Bertz CT molecular complexity index is 627. The van der Waals surface area contributed by atoms with E-state index in [0.29, 0.717) is 18.7 Å². The third-order valence-electron chi connectivity index (χ3n) is 3.07. The molecule has 0 bridgehead atoms. The molecular formula is C16H23N3O6. The van der Waals surface area contributed by atoms with Crippen LogP contribution in [0.3, 0.4) is 0 Å². The van der Waals surface area contributed by atoms with E-state index in [9.17, 15) is 24.8 Å². The number of carboxylic acids is 1. The van der Waals surface area contributed by atoms with Gasteiger partial charge >= 0.3 is 12.1 Å². The zero-order valence-electron chi connectivity index (χ0n) is 14.4. The summed E-state index contributed by atoms with van der Waals surface area (Å²) < 4.78 is 5.03. The van der Waals surface area contributed by atoms with Gasteiger partial charge in [0, 0.05) is 12.6 Å². The maximum atomic E-state index is 11.7. The highest BCUT2D eigenvalue weighted by atomic mass is 16.6. The van der Waals surface area contributed by atoms with Gasteiger partial charge in [0.25, 0.3) is 5.69 Å². The van der Waals surface area contributed by atoms with E-state index in [0.717, 1.165) is 0 Å². The summed E-state index contributed by atoms with van der Waals surface area (Å²) >= 11 is 0. The number of benzene rings is 1. The van der Waals surface area contributed by atoms with Gasteiger partial charge in [0.1, 0.15) is 17.3 Å². The quantitative estimate of drug-likeness (QED) is 0.372. The Morgan fingerprint density at radius 2 is 1.96 bits per heavy atom. The highest BCUT2D eigenvalue weighted by Gasteiger charge is 2.23. The first-order chi connectivity index (χ1) is 11.6. The highest BCUT2D eigenvalue weighted by Crippen LogP contribution is 2.23. The molecule has 1 amide bonds. The molecule has 0 aliphatic rings. The van der Waals surface area contributed by atoms with E-state index >= 15 is 0 Å². The highest BCUT2D eigenvalue weighted by molar-refractivity contribution is 5.79. The summed E-state index contributed by atoms with van der Waals surface area (Å²) in [5.41, 5.74) is -0.412. The Hall–Kier alpha value is -2.84. The van der Waals surface area contributed by atoms with Gasteiger partial charge in [0.05, 0.1) is 4.92 Å². The number of carbonyl (C=O) groups is 2. The predicted molar refractivity (Wildman–Crippen MR) is 91.6 cm³/mol. The van der Waals surface area contributed by atoms with Gasteiger partial charge < -0.3 is 20.5 Å². The van der Waals surface area contributed by atoms with E-state index in [4.69, 9.17) is 4.74 Å². The third kappa shape index (κ3) is 7.51. The number of rotatable bonds is 8. The van der Waals surface area contributed by atoms with Crippen molar-refractivity contribution >= 4 is 23.4 Å². The number of aliphatic carboxylic acids is 1. The molecule has 0 aromatic heterocycles. The lowest BCUT2D eigenvalue weighted by atomic mass is 10.1. The van der Waals surface area contributed by atoms with Crippen LogP contribution in [0.5, 0.6) is 0 Å². The molecule has 1 rings (SSSR count). The van der Waals surface area contributed by atoms with Crippen LogP contribution >= 0.6 is 0 Å². The van der Waals surface area contributed by atoms with Gasteiger partial charge in [-0.2, -0.15) is 0 Å². The molecule has 1 unspecified atom stereocenters. The van der Waals surface area contributed by atoms with Crippen LogP contribution < -0.4 is 10.6 Å². The van der Waals surface area contributed by atoms with E-state index in [1.54, 1.807) is 39.0 Å². The number of alkyl carbamates (subject to hydrolysis) is 1. The van der Waals surface area contributed by atoms with Crippen molar-refractivity contribution in [3.8, 4) is 0 Å². The van der Waals surface area contributed by atoms with Crippen molar-refractivity contribution in [1.29, 1.82) is 0 Å². The number of anilines is 1. The molecule has 0 aliphatic heterocycles. The van der Waals surface area contributed by atoms with Crippen LogP contribution in [0.4, 0.5) is 16.2 Å². The fourth-order valence-corrected chi connectivity index (χ4v) is 2.02. The number of nitrogens with zero attached hydrogens (tertiary/aromatic N) is 1. The average Bonchev–Trinajstić information content (AvgIpc) is 2.48. The monoisotopic (exact) mass is 353 g/mol. The number of hydrogen-bond donors (Lipinski definition) is 3. The first-order valence-electron chi connectivity index (χ1n) is 7.80. The number of nitro benzene ring substituents is 1. The van der Waals surface area contributed by atoms with Gasteiger partial charge in [-0.1, -0.05) is 12.1 Å². The molecule has 9 nitrogen and oxygen atoms in total. The van der Waals surface area contributed by atoms with Gasteiger partial charge in [0.2, 0.25) is 0 Å². The molecule has 25 heavy (non-hydrogen) atoms. The average molecular weight is 353 g/mol. The van der Waals surface area contributed by atoms with Crippen molar-refractivity contribution in [2.75, 3.05) is 11.9 Å². The molecule has 1 aromatic carbocycles. The predicted octanol–water partition coefficient (Wildman–Crippen LogP) is 2.76. The second kappa shape index (κ2) is 8.86. The van der Waals surface area contributed by atoms with Crippen LogP contribution in [0.1, 0.15) is 33.6 Å². The van der Waals surface area contributed by atoms with Gasteiger partial charge in [-0.3, -0.25) is 10.1 Å². The number of carboxylic acid groups (broad SMARTS) is 1. The Morgan fingerprint density at radius 1 is 1.32 bits per heavy atom. The lowest BCUT2D eigenvalue weighted by Gasteiger charge is -2.22. The van der Waals surface area contributed by atoms with Crippen LogP contribution in [0.2, 0.25) is 0 Å². The molecule has 3 N–H and O–H groups in total. The summed E-state index contributed by atoms with van der Waals surface area (Å²) in [4.78, 5) is 33.3. The summed E-state index contributed by atoms with van der Waals surface area (Å²) in [6.45, 7) is 5.36. The number of hydrogen-bond acceptors (Lipinski definition) is 6. The molecule has 0 fully saturated rings. The zero-order valence-corrected chi connectivity index (χ0v) is 14.4. The minimum atomic E-state index is -1.17. The Morgan fingerprint density at radius 3 is 2.52 bits per heavy atom. The van der Waals surface area contributed by atoms with E-state index in [1.807, 2.05) is 0 Å². The van der Waals surface area contributed by atoms with E-state index in [-0.39, 0.29) is 12.1 Å². The molecule has 0 aliphatic carbocycles. The second-order valence-corrected chi connectivity index (χ2v) is 6.38. The number of nitro groups is 1. The van der Waals surface area contributed by atoms with E-state index in [1.165, 1.54) is 6.07 Å². The van der Waals surface area contributed by atoms with Crippen LogP contribution in [-0.4, -0.2) is 40.3 Å². The van der Waals surface area contributed by atoms with Crippen molar-refractivity contribution < 1.29 is 24.4 Å². The normalized spacial score (nSPS) is 12.1. The number of amides is 1. The summed E-state index contributed by atoms with van der Waals surface area (Å²) in [6.07, 6.45) is -0.257. The SMILES string of the molecule is CC(C)(C)OC(=O)NC(CCCNc1ccccc1[N+](=O)[O-])C(=O)O. The third-order valence-corrected chi connectivity index (χ3v) is 3.07. The van der Waals surface area contributed by atoms with Crippen LogP contribution in [0.15, 0.2) is 24.3 Å². The Labute approximate surface area is 145 Å². The number of nitrogens with one attached hydrogen (secondary N) is 2. The van der Waals surface area contributed by atoms with Crippen molar-refractivity contribution in [1.82, 2.24) is 5.32 Å². The maximum absolute atomic E-state index is 11.7. The van der Waals surface area contributed by atoms with Crippen LogP contribution in [0, 0.1) is 10.1 Å². The summed E-state index contributed by atoms with van der Waals surface area (Å²) in [6, 6.07) is 5.09. The molecule has 0 spiro atoms. The first-order valence-corrected chi connectivity index (χ1v) is 7.80. The molecule has 138 valence electrons. The number of carbonyl (C=O) groups excluding carboxylic acids is 1. The van der Waals surface area contributed by atoms with Gasteiger partial charge in [0.15, 0.2) is 0 Å². The summed E-state index contributed by atoms with van der Waals surface area (Å²) in [5.74, 6) is -1.17. The van der Waals surface area contributed by atoms with E-state index in [2.05, 4.69) is 10.6 Å². The molecule has 0 saturated carbocycles. The topological polar surface area (TPSA) is 131 Å². The van der Waals surface area contributed by atoms with Crippen LogP contribution in [0.25, 0.3) is 0 Å². The molecule has 0 heterocycles. The molecule has 1 atom stereocenters. The van der Waals surface area contributed by atoms with Gasteiger partial charge in [-0.15, -0.1) is 0 Å². The smallest absolute Gasteiger partial charge is 0.408 e. The standard InChI is InChI=1S/C16H23N3O6/c1-16(2,3)25-15(22)18-12(14(20)21)8-6-10-17-11-7-4-5-9-13(11)19(23)24/h4-5,7,9,12,17H,6,8,10H2,1-3H3,(H,18,22)(H,20,21). The van der Waals surface area contributed by atoms with Crippen LogP contribution in [-0.2, 0) is 9.53 Å². The van der Waals surface area contributed by atoms with Crippen molar-refractivity contribution in [2.45, 2.75) is 45.3 Å². The summed E-state index contributed by atoms with van der Waals surface area (Å²) in [7, 11) is 0. The molecule has 9 heteroatoms. The maximum Gasteiger partial charge on any atom is 0.408 e. The lowest BCUT2D eigenvalue weighted by Crippen LogP contribution is -2.43. The molecule has 1 aromatic rings. The molecular weight excluding hydrogens is 330 g/mol. The largest absolute Gasteiger partial charge is 0.480 e.